The Bertz CT molecular complexity index is 752. The Morgan fingerprint density at radius 2 is 1.50 bits per heavy atom. The zero-order valence-corrected chi connectivity index (χ0v) is 13.1. The van der Waals surface area contributed by atoms with E-state index in [-0.39, 0.29) is 11.1 Å². The van der Waals surface area contributed by atoms with Crippen LogP contribution in [-0.4, -0.2) is 35.2 Å². The van der Waals surface area contributed by atoms with Crippen molar-refractivity contribution in [3.8, 4) is 5.75 Å². The van der Waals surface area contributed by atoms with Crippen LogP contribution in [0.25, 0.3) is 0 Å². The molecule has 0 aromatic heterocycles. The van der Waals surface area contributed by atoms with Gasteiger partial charge < -0.3 is 20.7 Å². The normalized spacial score (nSPS) is 9.42. The summed E-state index contributed by atoms with van der Waals surface area (Å²) >= 11 is 0. The minimum Gasteiger partial charge on any atom is -0.497 e. The fourth-order valence-corrected chi connectivity index (χ4v) is 1.74. The number of carbonyl (C=O) groups is 3. The highest BCUT2D eigenvalue weighted by Gasteiger charge is 2.16. The van der Waals surface area contributed by atoms with Gasteiger partial charge in [0.2, 0.25) is 5.91 Å². The lowest BCUT2D eigenvalue weighted by molar-refractivity contribution is 0.0692. The molecule has 2 rings (SSSR count). The zero-order valence-electron chi connectivity index (χ0n) is 13.1. The predicted molar refractivity (Wildman–Crippen MR) is 86.6 cm³/mol. The molecular weight excluding hydrogens is 314 g/mol. The number of carbonyl (C=O) groups excluding carboxylic acids is 1. The van der Waals surface area contributed by atoms with E-state index in [1.54, 1.807) is 7.11 Å². The number of primary amides is 1. The topological polar surface area (TPSA) is 127 Å². The number of carboxylic acids is 2. The van der Waals surface area contributed by atoms with Crippen LogP contribution in [0.3, 0.4) is 0 Å². The smallest absolute Gasteiger partial charge is 0.336 e. The Morgan fingerprint density at radius 3 is 1.92 bits per heavy atom. The number of aromatic carboxylic acids is 2. The molecule has 0 saturated carbocycles. The van der Waals surface area contributed by atoms with Crippen molar-refractivity contribution in [1.29, 1.82) is 0 Å². The molecule has 1 amide bonds. The van der Waals surface area contributed by atoms with Gasteiger partial charge in [-0.25, -0.2) is 9.59 Å². The van der Waals surface area contributed by atoms with Crippen molar-refractivity contribution in [3.05, 3.63) is 64.7 Å². The van der Waals surface area contributed by atoms with E-state index in [4.69, 9.17) is 20.7 Å². The number of hydrogen-bond acceptors (Lipinski definition) is 4. The first-order valence-corrected chi connectivity index (χ1v) is 6.77. The summed E-state index contributed by atoms with van der Waals surface area (Å²) in [5.41, 5.74) is 5.35. The van der Waals surface area contributed by atoms with Crippen LogP contribution in [-0.2, 0) is 0 Å². The maximum atomic E-state index is 10.8. The van der Waals surface area contributed by atoms with Crippen LogP contribution < -0.4 is 10.5 Å². The van der Waals surface area contributed by atoms with Crippen molar-refractivity contribution in [2.75, 3.05) is 7.11 Å². The Kier molecular flexibility index (Phi) is 6.49. The first kappa shape index (κ1) is 18.7. The third kappa shape index (κ3) is 5.13. The van der Waals surface area contributed by atoms with E-state index in [2.05, 4.69) is 6.92 Å². The van der Waals surface area contributed by atoms with Gasteiger partial charge in [0.15, 0.2) is 0 Å². The van der Waals surface area contributed by atoms with E-state index in [1.165, 1.54) is 5.56 Å². The first-order chi connectivity index (χ1) is 11.3. The molecule has 0 aliphatic heterocycles. The number of carboxylic acid groups (broad SMARTS) is 2. The molecule has 7 nitrogen and oxygen atoms in total. The van der Waals surface area contributed by atoms with Crippen molar-refractivity contribution in [2.45, 2.75) is 6.92 Å². The van der Waals surface area contributed by atoms with Gasteiger partial charge in [-0.15, -0.1) is 0 Å². The van der Waals surface area contributed by atoms with Gasteiger partial charge in [-0.1, -0.05) is 17.7 Å². The summed E-state index contributed by atoms with van der Waals surface area (Å²) in [6.45, 7) is 2.06. The Balaban J connectivity index is 0.000000272. The molecule has 7 heteroatoms. The van der Waals surface area contributed by atoms with Crippen molar-refractivity contribution in [1.82, 2.24) is 0 Å². The SMILES string of the molecule is COc1ccc(C)cc1.NC(=O)c1ccc(C(=O)O)cc1C(=O)O. The largest absolute Gasteiger partial charge is 0.497 e. The van der Waals surface area contributed by atoms with Crippen LogP contribution in [0.15, 0.2) is 42.5 Å². The predicted octanol–water partition coefficient (Wildman–Crippen LogP) is 2.19. The summed E-state index contributed by atoms with van der Waals surface area (Å²) in [4.78, 5) is 32.1. The fraction of sp³-hybridized carbons (Fsp3) is 0.118. The lowest BCUT2D eigenvalue weighted by atomic mass is 10.0. The summed E-state index contributed by atoms with van der Waals surface area (Å²) in [6, 6.07) is 11.1. The molecule has 0 spiro atoms. The lowest BCUT2D eigenvalue weighted by Gasteiger charge is -2.02. The monoisotopic (exact) mass is 331 g/mol. The summed E-state index contributed by atoms with van der Waals surface area (Å²) < 4.78 is 4.97. The first-order valence-electron chi connectivity index (χ1n) is 6.77. The third-order valence-corrected chi connectivity index (χ3v) is 3.02. The molecule has 2 aromatic carbocycles. The standard InChI is InChI=1S/C9H7NO5.C8H10O/c10-7(11)5-2-1-4(8(12)13)3-6(5)9(14)15;1-7-3-5-8(9-2)6-4-7/h1-3H,(H2,10,11)(H,12,13)(H,14,15);3-6H,1-2H3. The van der Waals surface area contributed by atoms with Gasteiger partial charge in [0.1, 0.15) is 5.75 Å². The number of ether oxygens (including phenoxy) is 1. The number of methoxy groups -OCH3 is 1. The maximum absolute atomic E-state index is 10.8. The van der Waals surface area contributed by atoms with Crippen LogP contribution in [0, 0.1) is 6.92 Å². The molecule has 0 bridgehead atoms. The summed E-state index contributed by atoms with van der Waals surface area (Å²) in [6.07, 6.45) is 0. The zero-order chi connectivity index (χ0) is 18.3. The molecule has 4 N–H and O–H groups in total. The van der Waals surface area contributed by atoms with E-state index in [9.17, 15) is 14.4 Å². The molecule has 0 aliphatic carbocycles. The number of rotatable bonds is 4. The van der Waals surface area contributed by atoms with E-state index in [0.29, 0.717) is 0 Å². The highest BCUT2D eigenvalue weighted by molar-refractivity contribution is 6.05. The molecule has 0 radical (unpaired) electrons. The minimum absolute atomic E-state index is 0.211. The van der Waals surface area contributed by atoms with Crippen molar-refractivity contribution >= 4 is 17.8 Å². The number of amides is 1. The molecule has 126 valence electrons. The second kappa shape index (κ2) is 8.33. The second-order valence-corrected chi connectivity index (χ2v) is 4.75. The molecular formula is C17H17NO6. The van der Waals surface area contributed by atoms with Gasteiger partial charge in [-0.2, -0.15) is 0 Å². The van der Waals surface area contributed by atoms with E-state index in [1.807, 2.05) is 24.3 Å². The molecule has 0 fully saturated rings. The van der Waals surface area contributed by atoms with Gasteiger partial charge in [0.05, 0.1) is 23.8 Å². The van der Waals surface area contributed by atoms with Gasteiger partial charge >= 0.3 is 11.9 Å². The number of benzene rings is 2. The van der Waals surface area contributed by atoms with Crippen molar-refractivity contribution in [3.63, 3.8) is 0 Å². The minimum atomic E-state index is -1.40. The number of nitrogens with two attached hydrogens (primary N) is 1. The van der Waals surface area contributed by atoms with E-state index in [0.717, 1.165) is 23.9 Å². The fourth-order valence-electron chi connectivity index (χ4n) is 1.74. The quantitative estimate of drug-likeness (QED) is 0.788. The average molecular weight is 331 g/mol. The average Bonchev–Trinajstić information content (AvgIpc) is 2.55. The highest BCUT2D eigenvalue weighted by Crippen LogP contribution is 2.12. The van der Waals surface area contributed by atoms with Crippen molar-refractivity contribution in [2.24, 2.45) is 5.73 Å². The van der Waals surface area contributed by atoms with Gasteiger partial charge in [-0.3, -0.25) is 4.79 Å². The van der Waals surface area contributed by atoms with Crippen LogP contribution in [0.5, 0.6) is 5.75 Å². The van der Waals surface area contributed by atoms with Crippen LogP contribution in [0.1, 0.15) is 36.6 Å². The van der Waals surface area contributed by atoms with Gasteiger partial charge in [0.25, 0.3) is 0 Å². The molecule has 0 aliphatic rings. The Morgan fingerprint density at radius 1 is 0.917 bits per heavy atom. The summed E-state index contributed by atoms with van der Waals surface area (Å²) in [5, 5.41) is 17.3. The highest BCUT2D eigenvalue weighted by atomic mass is 16.5. The van der Waals surface area contributed by atoms with Crippen molar-refractivity contribution < 1.29 is 29.3 Å². The number of aryl methyl sites for hydroxylation is 1. The second-order valence-electron chi connectivity index (χ2n) is 4.75. The van der Waals surface area contributed by atoms with E-state index >= 15 is 0 Å². The van der Waals surface area contributed by atoms with E-state index < -0.39 is 23.4 Å². The lowest BCUT2D eigenvalue weighted by Crippen LogP contribution is -2.17. The molecule has 0 saturated heterocycles. The Labute approximate surface area is 138 Å². The third-order valence-electron chi connectivity index (χ3n) is 3.02. The molecule has 24 heavy (non-hydrogen) atoms. The van der Waals surface area contributed by atoms with Gasteiger partial charge in [0, 0.05) is 0 Å². The number of hydrogen-bond donors (Lipinski definition) is 3. The van der Waals surface area contributed by atoms with Crippen LogP contribution >= 0.6 is 0 Å². The Hall–Kier alpha value is -3.35. The van der Waals surface area contributed by atoms with Gasteiger partial charge in [-0.05, 0) is 37.3 Å². The molecule has 0 unspecified atom stereocenters. The summed E-state index contributed by atoms with van der Waals surface area (Å²) in [7, 11) is 1.67. The van der Waals surface area contributed by atoms with Crippen LogP contribution in [0.4, 0.5) is 0 Å². The molecule has 0 atom stereocenters. The maximum Gasteiger partial charge on any atom is 0.336 e. The molecule has 0 heterocycles. The summed E-state index contributed by atoms with van der Waals surface area (Å²) in [5.74, 6) is -2.66. The van der Waals surface area contributed by atoms with Crippen LogP contribution in [0.2, 0.25) is 0 Å². The molecule has 2 aromatic rings.